The summed E-state index contributed by atoms with van der Waals surface area (Å²) >= 11 is 0. The van der Waals surface area contributed by atoms with Gasteiger partial charge in [-0.3, -0.25) is 4.79 Å². The van der Waals surface area contributed by atoms with Crippen LogP contribution in [0, 0.1) is 5.92 Å². The smallest absolute Gasteiger partial charge is 0.253 e. The summed E-state index contributed by atoms with van der Waals surface area (Å²) in [5.74, 6) is 6.02. The highest BCUT2D eigenvalue weighted by Gasteiger charge is 2.18. The number of nitrogen functional groups attached to an aromatic ring is 1. The molecule has 0 bridgehead atoms. The van der Waals surface area contributed by atoms with E-state index in [0.29, 0.717) is 17.3 Å². The molecule has 0 spiro atoms. The van der Waals surface area contributed by atoms with Crippen LogP contribution < -0.4 is 16.6 Å². The van der Waals surface area contributed by atoms with Crippen molar-refractivity contribution >= 4 is 11.7 Å². The predicted octanol–water partition coefficient (Wildman–Crippen LogP) is 0.683. The van der Waals surface area contributed by atoms with E-state index in [-0.39, 0.29) is 11.9 Å². The standard InChI is InChI=1S/C13H23N5O/c1-9(2)11(8-18(3)4)16-13(19)10-5-6-12(17-14)15-7-10/h5-7,9,11H,8,14H2,1-4H3,(H,15,17)(H,16,19). The first-order valence-corrected chi connectivity index (χ1v) is 6.32. The number of nitrogens with two attached hydrogens (primary N) is 1. The summed E-state index contributed by atoms with van der Waals surface area (Å²) in [6, 6.07) is 3.48. The molecule has 0 saturated heterocycles. The maximum atomic E-state index is 12.1. The Kier molecular flexibility index (Phi) is 5.72. The Bertz CT molecular complexity index is 402. The molecular weight excluding hydrogens is 242 g/mol. The van der Waals surface area contributed by atoms with Crippen LogP contribution in [-0.2, 0) is 0 Å². The summed E-state index contributed by atoms with van der Waals surface area (Å²) in [5.41, 5.74) is 2.96. The number of hydrogen-bond donors (Lipinski definition) is 3. The van der Waals surface area contributed by atoms with Crippen molar-refractivity contribution in [2.75, 3.05) is 26.1 Å². The van der Waals surface area contributed by atoms with Crippen LogP contribution in [0.4, 0.5) is 5.82 Å². The van der Waals surface area contributed by atoms with Gasteiger partial charge in [-0.05, 0) is 32.1 Å². The molecule has 1 aromatic rings. The van der Waals surface area contributed by atoms with E-state index < -0.39 is 0 Å². The van der Waals surface area contributed by atoms with Crippen molar-refractivity contribution in [2.45, 2.75) is 19.9 Å². The molecule has 0 radical (unpaired) electrons. The lowest BCUT2D eigenvalue weighted by atomic mass is 10.0. The molecule has 1 atom stereocenters. The Morgan fingerprint density at radius 1 is 1.42 bits per heavy atom. The lowest BCUT2D eigenvalue weighted by Crippen LogP contribution is -2.45. The zero-order chi connectivity index (χ0) is 14.4. The summed E-state index contributed by atoms with van der Waals surface area (Å²) in [5, 5.41) is 3.03. The Balaban J connectivity index is 2.70. The Hall–Kier alpha value is -1.66. The highest BCUT2D eigenvalue weighted by molar-refractivity contribution is 5.94. The van der Waals surface area contributed by atoms with Gasteiger partial charge in [0, 0.05) is 18.8 Å². The van der Waals surface area contributed by atoms with Crippen LogP contribution in [-0.4, -0.2) is 42.5 Å². The van der Waals surface area contributed by atoms with Crippen LogP contribution in [0.2, 0.25) is 0 Å². The lowest BCUT2D eigenvalue weighted by Gasteiger charge is -2.25. The van der Waals surface area contributed by atoms with Gasteiger partial charge in [0.05, 0.1) is 5.56 Å². The molecule has 1 rings (SSSR count). The average Bonchev–Trinajstić information content (AvgIpc) is 2.37. The second kappa shape index (κ2) is 7.06. The minimum absolute atomic E-state index is 0.106. The van der Waals surface area contributed by atoms with E-state index in [0.717, 1.165) is 6.54 Å². The van der Waals surface area contributed by atoms with Gasteiger partial charge in [-0.2, -0.15) is 0 Å². The first kappa shape index (κ1) is 15.4. The normalized spacial score (nSPS) is 12.6. The van der Waals surface area contributed by atoms with Crippen molar-refractivity contribution in [1.29, 1.82) is 0 Å². The number of amides is 1. The molecule has 6 nitrogen and oxygen atoms in total. The molecule has 0 fully saturated rings. The van der Waals surface area contributed by atoms with Gasteiger partial charge >= 0.3 is 0 Å². The zero-order valence-corrected chi connectivity index (χ0v) is 12.0. The number of carbonyl (C=O) groups is 1. The fourth-order valence-corrected chi connectivity index (χ4v) is 1.68. The molecule has 1 unspecified atom stereocenters. The molecule has 0 aliphatic heterocycles. The summed E-state index contributed by atoms with van der Waals surface area (Å²) in [7, 11) is 3.98. The van der Waals surface area contributed by atoms with Gasteiger partial charge in [-0.1, -0.05) is 13.8 Å². The zero-order valence-electron chi connectivity index (χ0n) is 12.0. The molecule has 1 amide bonds. The maximum Gasteiger partial charge on any atom is 0.253 e. The number of likely N-dealkylation sites (N-methyl/N-ethyl adjacent to an activating group) is 1. The van der Waals surface area contributed by atoms with Crippen LogP contribution in [0.15, 0.2) is 18.3 Å². The van der Waals surface area contributed by atoms with Gasteiger partial charge in [0.2, 0.25) is 0 Å². The molecule has 0 aromatic carbocycles. The third-order valence-corrected chi connectivity index (χ3v) is 2.86. The minimum atomic E-state index is -0.114. The number of hydrazine groups is 1. The van der Waals surface area contributed by atoms with E-state index in [2.05, 4.69) is 34.5 Å². The van der Waals surface area contributed by atoms with Crippen LogP contribution >= 0.6 is 0 Å². The molecular formula is C13H23N5O. The highest BCUT2D eigenvalue weighted by atomic mass is 16.1. The largest absolute Gasteiger partial charge is 0.348 e. The summed E-state index contributed by atoms with van der Waals surface area (Å²) in [6.07, 6.45) is 1.51. The lowest BCUT2D eigenvalue weighted by molar-refractivity contribution is 0.0916. The molecule has 0 saturated carbocycles. The Morgan fingerprint density at radius 3 is 2.53 bits per heavy atom. The molecule has 19 heavy (non-hydrogen) atoms. The molecule has 0 aliphatic rings. The molecule has 1 heterocycles. The van der Waals surface area contributed by atoms with E-state index in [4.69, 9.17) is 5.84 Å². The molecule has 1 aromatic heterocycles. The number of anilines is 1. The minimum Gasteiger partial charge on any atom is -0.348 e. The van der Waals surface area contributed by atoms with Gasteiger partial charge in [0.25, 0.3) is 5.91 Å². The van der Waals surface area contributed by atoms with E-state index in [1.165, 1.54) is 6.20 Å². The van der Waals surface area contributed by atoms with E-state index >= 15 is 0 Å². The van der Waals surface area contributed by atoms with Crippen LogP contribution in [0.3, 0.4) is 0 Å². The third-order valence-electron chi connectivity index (χ3n) is 2.86. The topological polar surface area (TPSA) is 83.3 Å². The number of aromatic nitrogens is 1. The van der Waals surface area contributed by atoms with Crippen molar-refractivity contribution in [3.05, 3.63) is 23.9 Å². The van der Waals surface area contributed by atoms with Crippen LogP contribution in [0.5, 0.6) is 0 Å². The van der Waals surface area contributed by atoms with Crippen molar-refractivity contribution in [3.8, 4) is 0 Å². The summed E-state index contributed by atoms with van der Waals surface area (Å²) in [4.78, 5) is 18.2. The van der Waals surface area contributed by atoms with Gasteiger partial charge in [-0.15, -0.1) is 0 Å². The average molecular weight is 265 g/mol. The Labute approximate surface area is 114 Å². The Morgan fingerprint density at radius 2 is 2.11 bits per heavy atom. The van der Waals surface area contributed by atoms with E-state index in [1.54, 1.807) is 12.1 Å². The van der Waals surface area contributed by atoms with Gasteiger partial charge in [0.1, 0.15) is 5.82 Å². The van der Waals surface area contributed by atoms with E-state index in [9.17, 15) is 4.79 Å². The molecule has 0 aliphatic carbocycles. The number of carbonyl (C=O) groups excluding carboxylic acids is 1. The number of rotatable bonds is 6. The third kappa shape index (κ3) is 4.84. The number of nitrogens with one attached hydrogen (secondary N) is 2. The van der Waals surface area contributed by atoms with Crippen LogP contribution in [0.25, 0.3) is 0 Å². The molecule has 4 N–H and O–H groups in total. The highest BCUT2D eigenvalue weighted by Crippen LogP contribution is 2.07. The second-order valence-corrected chi connectivity index (χ2v) is 5.16. The number of pyridine rings is 1. The number of nitrogens with zero attached hydrogens (tertiary/aromatic N) is 2. The van der Waals surface area contributed by atoms with Crippen molar-refractivity contribution in [3.63, 3.8) is 0 Å². The van der Waals surface area contributed by atoms with Crippen molar-refractivity contribution < 1.29 is 4.79 Å². The van der Waals surface area contributed by atoms with Gasteiger partial charge in [0.15, 0.2) is 0 Å². The first-order chi connectivity index (χ1) is 8.93. The van der Waals surface area contributed by atoms with Crippen molar-refractivity contribution in [2.24, 2.45) is 11.8 Å². The summed E-state index contributed by atoms with van der Waals surface area (Å²) in [6.45, 7) is 4.99. The molecule has 106 valence electrons. The fraction of sp³-hybridized carbons (Fsp3) is 0.538. The quantitative estimate of drug-likeness (QED) is 0.520. The monoisotopic (exact) mass is 265 g/mol. The van der Waals surface area contributed by atoms with Gasteiger partial charge in [-0.25, -0.2) is 10.8 Å². The maximum absolute atomic E-state index is 12.1. The van der Waals surface area contributed by atoms with E-state index in [1.807, 2.05) is 14.1 Å². The van der Waals surface area contributed by atoms with Crippen molar-refractivity contribution in [1.82, 2.24) is 15.2 Å². The SMILES string of the molecule is CC(C)C(CN(C)C)NC(=O)c1ccc(NN)nc1. The number of hydrogen-bond acceptors (Lipinski definition) is 5. The fourth-order valence-electron chi connectivity index (χ4n) is 1.68. The first-order valence-electron chi connectivity index (χ1n) is 6.32. The second-order valence-electron chi connectivity index (χ2n) is 5.16. The predicted molar refractivity (Wildman–Crippen MR) is 76.7 cm³/mol. The summed E-state index contributed by atoms with van der Waals surface area (Å²) < 4.78 is 0. The molecule has 6 heteroatoms. The van der Waals surface area contributed by atoms with Crippen LogP contribution in [0.1, 0.15) is 24.2 Å². The van der Waals surface area contributed by atoms with Gasteiger partial charge < -0.3 is 15.6 Å².